The molecule has 3 rings (SSSR count). The van der Waals surface area contributed by atoms with Crippen molar-refractivity contribution >= 4 is 39.1 Å². The molecule has 202 valence electrons. The van der Waals surface area contributed by atoms with Gasteiger partial charge in [0.05, 0.1) is 10.6 Å². The molecular formula is C29H34ClN3O4S. The molecule has 3 aromatic rings. The van der Waals surface area contributed by atoms with Gasteiger partial charge in [-0.05, 0) is 68.7 Å². The topological polar surface area (TPSA) is 86.8 Å². The predicted octanol–water partition coefficient (Wildman–Crippen LogP) is 5.18. The van der Waals surface area contributed by atoms with Crippen LogP contribution in [0.5, 0.6) is 0 Å². The largest absolute Gasteiger partial charge is 0.352 e. The highest BCUT2D eigenvalue weighted by Gasteiger charge is 2.34. The van der Waals surface area contributed by atoms with E-state index >= 15 is 0 Å². The third kappa shape index (κ3) is 7.14. The van der Waals surface area contributed by atoms with E-state index in [2.05, 4.69) is 5.32 Å². The molecule has 0 heterocycles. The van der Waals surface area contributed by atoms with Crippen molar-refractivity contribution in [3.63, 3.8) is 0 Å². The highest BCUT2D eigenvalue weighted by atomic mass is 35.5. The lowest BCUT2D eigenvalue weighted by molar-refractivity contribution is -0.140. The van der Waals surface area contributed by atoms with Gasteiger partial charge in [0, 0.05) is 17.6 Å². The molecule has 7 nitrogen and oxygen atoms in total. The predicted molar refractivity (Wildman–Crippen MR) is 152 cm³/mol. The lowest BCUT2D eigenvalue weighted by atomic mass is 10.1. The molecular weight excluding hydrogens is 522 g/mol. The Morgan fingerprint density at radius 1 is 0.921 bits per heavy atom. The van der Waals surface area contributed by atoms with Crippen LogP contribution in [0.25, 0.3) is 0 Å². The van der Waals surface area contributed by atoms with Crippen molar-refractivity contribution < 1.29 is 18.0 Å². The quantitative estimate of drug-likeness (QED) is 0.353. The summed E-state index contributed by atoms with van der Waals surface area (Å²) in [6.07, 6.45) is 0.355. The monoisotopic (exact) mass is 555 g/mol. The van der Waals surface area contributed by atoms with Crippen LogP contribution in [0.4, 0.5) is 5.69 Å². The summed E-state index contributed by atoms with van der Waals surface area (Å²) in [7, 11) is -4.09. The van der Waals surface area contributed by atoms with Gasteiger partial charge in [-0.1, -0.05) is 67.1 Å². The molecule has 0 aromatic heterocycles. The minimum Gasteiger partial charge on any atom is -0.352 e. The average molecular weight is 556 g/mol. The summed E-state index contributed by atoms with van der Waals surface area (Å²) in [6, 6.07) is 21.1. The van der Waals surface area contributed by atoms with E-state index in [0.29, 0.717) is 22.7 Å². The second kappa shape index (κ2) is 12.9. The number of hydrogen-bond donors (Lipinski definition) is 1. The molecule has 38 heavy (non-hydrogen) atoms. The van der Waals surface area contributed by atoms with Gasteiger partial charge < -0.3 is 10.2 Å². The lowest BCUT2D eigenvalue weighted by Crippen LogP contribution is -2.53. The molecule has 1 N–H and O–H groups in total. The van der Waals surface area contributed by atoms with Gasteiger partial charge >= 0.3 is 0 Å². The number of nitrogens with one attached hydrogen (secondary N) is 1. The molecule has 0 aliphatic rings. The Labute approximate surface area is 230 Å². The van der Waals surface area contributed by atoms with E-state index < -0.39 is 28.5 Å². The molecule has 0 saturated heterocycles. The summed E-state index contributed by atoms with van der Waals surface area (Å²) in [5.41, 5.74) is 1.87. The number of halogens is 1. The molecule has 9 heteroatoms. The zero-order chi connectivity index (χ0) is 27.9. The van der Waals surface area contributed by atoms with Gasteiger partial charge in [0.15, 0.2) is 0 Å². The molecule has 0 spiro atoms. The molecule has 0 radical (unpaired) electrons. The van der Waals surface area contributed by atoms with Gasteiger partial charge in [-0.25, -0.2) is 8.42 Å². The smallest absolute Gasteiger partial charge is 0.264 e. The first-order chi connectivity index (χ1) is 18.0. The number of anilines is 1. The number of sulfonamides is 1. The molecule has 1 atom stereocenters. The van der Waals surface area contributed by atoms with E-state index in [1.165, 1.54) is 17.0 Å². The van der Waals surface area contributed by atoms with E-state index in [1.807, 2.05) is 26.8 Å². The van der Waals surface area contributed by atoms with Crippen molar-refractivity contribution in [3.05, 3.63) is 95.0 Å². The van der Waals surface area contributed by atoms with E-state index in [-0.39, 0.29) is 23.4 Å². The Kier molecular flexibility index (Phi) is 9.94. The van der Waals surface area contributed by atoms with Gasteiger partial charge in [-0.2, -0.15) is 0 Å². The van der Waals surface area contributed by atoms with Crippen molar-refractivity contribution in [2.24, 2.45) is 0 Å². The summed E-state index contributed by atoms with van der Waals surface area (Å²) >= 11 is 6.05. The second-order valence-electron chi connectivity index (χ2n) is 9.35. The fraction of sp³-hybridized carbons (Fsp3) is 0.310. The van der Waals surface area contributed by atoms with Gasteiger partial charge in [0.25, 0.3) is 10.0 Å². The standard InChI is InChI=1S/C29H34ClN3O4S/c1-5-26(29(35)31-21(2)3)32(19-23-15-17-24(30)18-16-23)28(34)20-33(27-14-10-9-11-22(27)4)38(36,37)25-12-7-6-8-13-25/h6-18,21,26H,5,19-20H2,1-4H3,(H,31,35)/t26-/m1/s1. The molecule has 0 aliphatic carbocycles. The SMILES string of the molecule is CC[C@H](C(=O)NC(C)C)N(Cc1ccc(Cl)cc1)C(=O)CN(c1ccccc1C)S(=O)(=O)c1ccccc1. The first kappa shape index (κ1) is 29.2. The molecule has 0 fully saturated rings. The summed E-state index contributed by atoms with van der Waals surface area (Å²) in [5.74, 6) is -0.786. The lowest BCUT2D eigenvalue weighted by Gasteiger charge is -2.34. The minimum absolute atomic E-state index is 0.0740. The van der Waals surface area contributed by atoms with Crippen LogP contribution in [0.1, 0.15) is 38.3 Å². The number of para-hydroxylation sites is 1. The number of rotatable bonds is 11. The average Bonchev–Trinajstić information content (AvgIpc) is 2.88. The zero-order valence-electron chi connectivity index (χ0n) is 22.1. The van der Waals surface area contributed by atoms with E-state index in [1.54, 1.807) is 67.6 Å². The molecule has 2 amide bonds. The second-order valence-corrected chi connectivity index (χ2v) is 11.6. The Hall–Kier alpha value is -3.36. The molecule has 0 unspecified atom stereocenters. The van der Waals surface area contributed by atoms with Crippen molar-refractivity contribution in [2.75, 3.05) is 10.8 Å². The maximum absolute atomic E-state index is 14.0. The Balaban J connectivity index is 2.06. The number of carbonyl (C=O) groups excluding carboxylic acids is 2. The van der Waals surface area contributed by atoms with Crippen molar-refractivity contribution in [2.45, 2.75) is 57.6 Å². The fourth-order valence-electron chi connectivity index (χ4n) is 4.16. The third-order valence-electron chi connectivity index (χ3n) is 6.08. The summed E-state index contributed by atoms with van der Waals surface area (Å²) < 4.78 is 28.8. The number of amides is 2. The van der Waals surface area contributed by atoms with Gasteiger partial charge in [-0.15, -0.1) is 0 Å². The van der Waals surface area contributed by atoms with Crippen LogP contribution in [-0.4, -0.2) is 43.8 Å². The summed E-state index contributed by atoms with van der Waals surface area (Å²) in [4.78, 5) is 28.7. The highest BCUT2D eigenvalue weighted by molar-refractivity contribution is 7.92. The van der Waals surface area contributed by atoms with Gasteiger partial charge in [0.2, 0.25) is 11.8 Å². The minimum atomic E-state index is -4.09. The number of nitrogens with zero attached hydrogens (tertiary/aromatic N) is 2. The van der Waals surface area contributed by atoms with Crippen molar-refractivity contribution in [1.29, 1.82) is 0 Å². The molecule has 0 aliphatic heterocycles. The number of benzene rings is 3. The molecule has 3 aromatic carbocycles. The van der Waals surface area contributed by atoms with Crippen LogP contribution in [0, 0.1) is 6.92 Å². The number of aryl methyl sites for hydroxylation is 1. The van der Waals surface area contributed by atoms with Crippen LogP contribution in [-0.2, 0) is 26.2 Å². The third-order valence-corrected chi connectivity index (χ3v) is 8.10. The highest BCUT2D eigenvalue weighted by Crippen LogP contribution is 2.27. The number of hydrogen-bond acceptors (Lipinski definition) is 4. The number of carbonyl (C=O) groups is 2. The maximum Gasteiger partial charge on any atom is 0.264 e. The van der Waals surface area contributed by atoms with Crippen LogP contribution in [0.3, 0.4) is 0 Å². The Bertz CT molecular complexity index is 1350. The zero-order valence-corrected chi connectivity index (χ0v) is 23.7. The van der Waals surface area contributed by atoms with E-state index in [9.17, 15) is 18.0 Å². The maximum atomic E-state index is 14.0. The fourth-order valence-corrected chi connectivity index (χ4v) is 5.79. The van der Waals surface area contributed by atoms with E-state index in [4.69, 9.17) is 11.6 Å². The van der Waals surface area contributed by atoms with Crippen LogP contribution in [0.2, 0.25) is 5.02 Å². The molecule has 0 saturated carbocycles. The first-order valence-electron chi connectivity index (χ1n) is 12.5. The Morgan fingerprint density at radius 2 is 1.53 bits per heavy atom. The summed E-state index contributed by atoms with van der Waals surface area (Å²) in [6.45, 7) is 6.97. The summed E-state index contributed by atoms with van der Waals surface area (Å²) in [5, 5.41) is 3.44. The van der Waals surface area contributed by atoms with Crippen LogP contribution in [0.15, 0.2) is 83.8 Å². The van der Waals surface area contributed by atoms with Gasteiger partial charge in [0.1, 0.15) is 12.6 Å². The Morgan fingerprint density at radius 3 is 2.11 bits per heavy atom. The van der Waals surface area contributed by atoms with Crippen LogP contribution >= 0.6 is 11.6 Å². The van der Waals surface area contributed by atoms with Gasteiger partial charge in [-0.3, -0.25) is 13.9 Å². The van der Waals surface area contributed by atoms with Crippen LogP contribution < -0.4 is 9.62 Å². The van der Waals surface area contributed by atoms with E-state index in [0.717, 1.165) is 9.87 Å². The van der Waals surface area contributed by atoms with Crippen molar-refractivity contribution in [3.8, 4) is 0 Å². The molecule has 0 bridgehead atoms. The first-order valence-corrected chi connectivity index (χ1v) is 14.3. The normalized spacial score (nSPS) is 12.2. The van der Waals surface area contributed by atoms with Crippen molar-refractivity contribution in [1.82, 2.24) is 10.2 Å².